The van der Waals surface area contributed by atoms with Crippen molar-refractivity contribution in [2.24, 2.45) is 23.1 Å². The minimum absolute atomic E-state index is 0.0745. The number of hydrogen-bond donors (Lipinski definition) is 8. The minimum atomic E-state index is -1.27. The van der Waals surface area contributed by atoms with Crippen LogP contribution in [0.5, 0.6) is 5.75 Å². The van der Waals surface area contributed by atoms with E-state index in [9.17, 15) is 34.2 Å². The third kappa shape index (κ3) is 12.1. The Balaban J connectivity index is 3.00. The predicted octanol–water partition coefficient (Wildman–Crippen LogP) is -0.758. The van der Waals surface area contributed by atoms with Crippen molar-refractivity contribution in [3.8, 4) is 5.75 Å². The number of nitrogens with one attached hydrogen (secondary N) is 3. The first-order valence-electron chi connectivity index (χ1n) is 13.0. The summed E-state index contributed by atoms with van der Waals surface area (Å²) in [5.41, 5.74) is 17.4. The molecule has 39 heavy (non-hydrogen) atoms. The first kappa shape index (κ1) is 33.3. The second-order valence-electron chi connectivity index (χ2n) is 9.60. The van der Waals surface area contributed by atoms with Crippen molar-refractivity contribution in [1.29, 1.82) is 0 Å². The van der Waals surface area contributed by atoms with Crippen LogP contribution in [-0.4, -0.2) is 70.5 Å². The average molecular weight is 551 g/mol. The maximum Gasteiger partial charge on any atom is 0.326 e. The molecule has 1 aromatic rings. The van der Waals surface area contributed by atoms with Crippen LogP contribution in [0, 0.1) is 5.92 Å². The molecule has 0 aliphatic carbocycles. The summed E-state index contributed by atoms with van der Waals surface area (Å²) in [5.74, 6) is -4.28. The number of benzene rings is 1. The van der Waals surface area contributed by atoms with Crippen LogP contribution in [0.1, 0.15) is 57.9 Å². The van der Waals surface area contributed by atoms with Crippen molar-refractivity contribution >= 4 is 29.6 Å². The number of aliphatic carboxylic acids is 1. The van der Waals surface area contributed by atoms with Crippen molar-refractivity contribution in [1.82, 2.24) is 16.0 Å². The molecule has 13 nitrogen and oxygen atoms in total. The van der Waals surface area contributed by atoms with Gasteiger partial charge in [-0.2, -0.15) is 0 Å². The van der Waals surface area contributed by atoms with E-state index >= 15 is 0 Å². The lowest BCUT2D eigenvalue weighted by molar-refractivity contribution is -0.142. The Labute approximate surface area is 228 Å². The quantitative estimate of drug-likeness (QED) is 0.107. The normalized spacial score (nSPS) is 14.8. The van der Waals surface area contributed by atoms with Gasteiger partial charge in [-0.25, -0.2) is 4.79 Å². The number of carbonyl (C=O) groups excluding carboxylic acids is 4. The molecule has 0 aromatic heterocycles. The molecule has 0 saturated carbocycles. The molecular formula is C26H42N6O7. The van der Waals surface area contributed by atoms with Crippen LogP contribution in [0.3, 0.4) is 0 Å². The van der Waals surface area contributed by atoms with E-state index in [1.807, 2.05) is 6.92 Å². The number of unbranched alkanes of at least 4 members (excludes halogenated alkanes) is 1. The molecule has 0 heterocycles. The van der Waals surface area contributed by atoms with Crippen LogP contribution in [-0.2, 0) is 30.4 Å². The van der Waals surface area contributed by atoms with Crippen LogP contribution >= 0.6 is 0 Å². The smallest absolute Gasteiger partial charge is 0.326 e. The molecule has 5 atom stereocenters. The van der Waals surface area contributed by atoms with Crippen LogP contribution in [0.15, 0.2) is 24.3 Å². The van der Waals surface area contributed by atoms with Crippen LogP contribution in [0.4, 0.5) is 0 Å². The summed E-state index contributed by atoms with van der Waals surface area (Å²) in [6.07, 6.45) is 1.45. The Hall–Kier alpha value is -3.71. The van der Waals surface area contributed by atoms with Gasteiger partial charge in [-0.1, -0.05) is 32.4 Å². The van der Waals surface area contributed by atoms with Gasteiger partial charge in [0.2, 0.25) is 23.6 Å². The molecule has 0 bridgehead atoms. The van der Waals surface area contributed by atoms with E-state index in [1.165, 1.54) is 12.1 Å². The fraction of sp³-hybridized carbons (Fsp3) is 0.577. The number of hydrogen-bond acceptors (Lipinski definition) is 8. The van der Waals surface area contributed by atoms with Gasteiger partial charge in [0.1, 0.15) is 23.9 Å². The molecule has 1 aromatic carbocycles. The van der Waals surface area contributed by atoms with Crippen LogP contribution in [0.2, 0.25) is 0 Å². The van der Waals surface area contributed by atoms with Gasteiger partial charge in [0.25, 0.3) is 0 Å². The van der Waals surface area contributed by atoms with Gasteiger partial charge in [0, 0.05) is 6.42 Å². The summed E-state index contributed by atoms with van der Waals surface area (Å²) in [7, 11) is 0. The average Bonchev–Trinajstić information content (AvgIpc) is 2.89. The van der Waals surface area contributed by atoms with Crippen molar-refractivity contribution in [2.45, 2.75) is 83.0 Å². The number of carboxylic acids is 1. The van der Waals surface area contributed by atoms with Crippen LogP contribution < -0.4 is 33.2 Å². The molecule has 0 aliphatic heterocycles. The van der Waals surface area contributed by atoms with Crippen molar-refractivity contribution in [3.05, 3.63) is 29.8 Å². The third-order valence-corrected chi connectivity index (χ3v) is 6.40. The molecule has 1 rings (SSSR count). The summed E-state index contributed by atoms with van der Waals surface area (Å²) >= 11 is 0. The van der Waals surface area contributed by atoms with Gasteiger partial charge in [-0.3, -0.25) is 19.2 Å². The highest BCUT2D eigenvalue weighted by atomic mass is 16.4. The Morgan fingerprint density at radius 1 is 0.897 bits per heavy atom. The maximum absolute atomic E-state index is 13.3. The van der Waals surface area contributed by atoms with Gasteiger partial charge < -0.3 is 43.4 Å². The highest BCUT2D eigenvalue weighted by molar-refractivity contribution is 5.94. The highest BCUT2D eigenvalue weighted by Gasteiger charge is 2.32. The Morgan fingerprint density at radius 2 is 1.51 bits per heavy atom. The number of rotatable bonds is 18. The number of aromatic hydroxyl groups is 1. The van der Waals surface area contributed by atoms with Gasteiger partial charge in [-0.15, -0.1) is 0 Å². The monoisotopic (exact) mass is 550 g/mol. The van der Waals surface area contributed by atoms with E-state index in [4.69, 9.17) is 17.2 Å². The van der Waals surface area contributed by atoms with E-state index in [1.54, 1.807) is 19.1 Å². The Bertz CT molecular complexity index is 972. The minimum Gasteiger partial charge on any atom is -0.508 e. The number of phenolic OH excluding ortho intramolecular Hbond substituents is 1. The molecule has 11 N–H and O–H groups in total. The highest BCUT2D eigenvalue weighted by Crippen LogP contribution is 2.13. The van der Waals surface area contributed by atoms with E-state index in [0.29, 0.717) is 31.4 Å². The lowest BCUT2D eigenvalue weighted by Gasteiger charge is -2.28. The lowest BCUT2D eigenvalue weighted by Crippen LogP contribution is -2.58. The zero-order valence-electron chi connectivity index (χ0n) is 22.5. The molecule has 5 unspecified atom stereocenters. The topological polar surface area (TPSA) is 240 Å². The number of phenols is 1. The molecule has 0 spiro atoms. The molecular weight excluding hydrogens is 508 g/mol. The summed E-state index contributed by atoms with van der Waals surface area (Å²) in [6, 6.07) is 1.67. The molecule has 0 saturated heterocycles. The van der Waals surface area contributed by atoms with Crippen LogP contribution in [0.25, 0.3) is 0 Å². The number of amides is 4. The molecule has 218 valence electrons. The molecule has 13 heteroatoms. The van der Waals surface area contributed by atoms with E-state index in [-0.39, 0.29) is 37.4 Å². The fourth-order valence-electron chi connectivity index (χ4n) is 3.78. The summed E-state index contributed by atoms with van der Waals surface area (Å²) < 4.78 is 0. The van der Waals surface area contributed by atoms with Crippen molar-refractivity contribution in [3.63, 3.8) is 0 Å². The van der Waals surface area contributed by atoms with E-state index < -0.39 is 53.8 Å². The third-order valence-electron chi connectivity index (χ3n) is 6.40. The van der Waals surface area contributed by atoms with E-state index in [2.05, 4.69) is 16.0 Å². The van der Waals surface area contributed by atoms with E-state index in [0.717, 1.165) is 0 Å². The maximum atomic E-state index is 13.3. The van der Waals surface area contributed by atoms with Gasteiger partial charge in [0.05, 0.1) is 6.04 Å². The van der Waals surface area contributed by atoms with Crippen molar-refractivity contribution in [2.75, 3.05) is 6.54 Å². The summed E-state index contributed by atoms with van der Waals surface area (Å²) in [5, 5.41) is 26.5. The fourth-order valence-corrected chi connectivity index (χ4v) is 3.78. The summed E-state index contributed by atoms with van der Waals surface area (Å²) in [6.45, 7) is 3.94. The largest absolute Gasteiger partial charge is 0.508 e. The molecule has 0 radical (unpaired) electrons. The SMILES string of the molecule is CCC(C)C(NC(=O)C(N)Cc1ccc(O)cc1)C(=O)NC(CCC(N)=O)C(=O)NC(CCCCN)C(=O)O. The van der Waals surface area contributed by atoms with Gasteiger partial charge in [0.15, 0.2) is 0 Å². The second kappa shape index (κ2) is 17.0. The zero-order valence-corrected chi connectivity index (χ0v) is 22.5. The lowest BCUT2D eigenvalue weighted by atomic mass is 9.96. The number of carboxylic acid groups (broad SMARTS) is 1. The van der Waals surface area contributed by atoms with Gasteiger partial charge in [-0.05, 0) is 62.3 Å². The first-order chi connectivity index (χ1) is 18.4. The Morgan fingerprint density at radius 3 is 2.05 bits per heavy atom. The first-order valence-corrected chi connectivity index (χ1v) is 13.0. The molecule has 0 aliphatic rings. The van der Waals surface area contributed by atoms with Crippen molar-refractivity contribution < 1.29 is 34.2 Å². The number of carbonyl (C=O) groups is 5. The molecule has 4 amide bonds. The standard InChI is InChI=1S/C26H42N6O7/c1-3-15(2)22(32-23(35)18(28)14-16-7-9-17(33)10-8-16)25(37)30-19(11-12-21(29)34)24(36)31-20(26(38)39)6-4-5-13-27/h7-10,15,18-20,22,33H,3-6,11-14,27-28H2,1-2H3,(H2,29,34)(H,30,37)(H,31,36)(H,32,35)(H,38,39). The van der Waals surface area contributed by atoms with Gasteiger partial charge >= 0.3 is 5.97 Å². The second-order valence-corrected chi connectivity index (χ2v) is 9.60. The summed E-state index contributed by atoms with van der Waals surface area (Å²) in [4.78, 5) is 62.1. The predicted molar refractivity (Wildman–Crippen MR) is 144 cm³/mol. The Kier molecular flexibility index (Phi) is 14.5. The zero-order chi connectivity index (χ0) is 29.5. The molecule has 0 fully saturated rings. The number of nitrogens with two attached hydrogens (primary N) is 3. The number of primary amides is 1.